The maximum Gasteiger partial charge on any atom is 0.127 e. The molecule has 16 heavy (non-hydrogen) atoms. The van der Waals surface area contributed by atoms with Crippen LogP contribution in [0.1, 0.15) is 18.4 Å². The van der Waals surface area contributed by atoms with E-state index in [2.05, 4.69) is 0 Å². The van der Waals surface area contributed by atoms with Gasteiger partial charge in [0.25, 0.3) is 0 Å². The lowest BCUT2D eigenvalue weighted by atomic mass is 10.1. The highest BCUT2D eigenvalue weighted by Crippen LogP contribution is 2.21. The van der Waals surface area contributed by atoms with Crippen LogP contribution in [0.4, 0.5) is 4.39 Å². The van der Waals surface area contributed by atoms with Crippen LogP contribution >= 0.6 is 11.6 Å². The van der Waals surface area contributed by atoms with Gasteiger partial charge < -0.3 is 9.47 Å². The number of alkyl halides is 1. The van der Waals surface area contributed by atoms with Crippen molar-refractivity contribution in [1.29, 1.82) is 0 Å². The van der Waals surface area contributed by atoms with Gasteiger partial charge in [0.15, 0.2) is 0 Å². The minimum Gasteiger partial charge on any atom is -0.488 e. The van der Waals surface area contributed by atoms with E-state index in [4.69, 9.17) is 21.1 Å². The van der Waals surface area contributed by atoms with Crippen molar-refractivity contribution in [3.63, 3.8) is 0 Å². The molecular weight excluding hydrogens is 231 g/mol. The molecule has 1 aliphatic rings. The molecular formula is C12H14ClFO2. The fourth-order valence-corrected chi connectivity index (χ4v) is 1.92. The molecule has 1 atom stereocenters. The first-order valence-electron chi connectivity index (χ1n) is 5.38. The summed E-state index contributed by atoms with van der Waals surface area (Å²) in [7, 11) is 0. The Morgan fingerprint density at radius 1 is 1.44 bits per heavy atom. The average Bonchev–Trinajstić information content (AvgIpc) is 2.29. The molecule has 0 saturated carbocycles. The first kappa shape index (κ1) is 11.7. The third-order valence-corrected chi connectivity index (χ3v) is 2.82. The van der Waals surface area contributed by atoms with Gasteiger partial charge in [-0.3, -0.25) is 0 Å². The lowest BCUT2D eigenvalue weighted by Crippen LogP contribution is -2.28. The summed E-state index contributed by atoms with van der Waals surface area (Å²) in [5.41, 5.74) is 0.730. The number of benzene rings is 1. The van der Waals surface area contributed by atoms with Crippen LogP contribution in [-0.2, 0) is 10.6 Å². The zero-order valence-corrected chi connectivity index (χ0v) is 9.67. The molecule has 0 aromatic heterocycles. The van der Waals surface area contributed by atoms with E-state index < -0.39 is 0 Å². The lowest BCUT2D eigenvalue weighted by molar-refractivity contribution is 0.00729. The number of hydrogen-bond donors (Lipinski definition) is 0. The van der Waals surface area contributed by atoms with E-state index in [1.54, 1.807) is 6.07 Å². The standard InChI is InChI=1S/C12H14ClFO2/c13-7-9-4-10(14)6-12(5-9)16-11-2-1-3-15-8-11/h4-6,11H,1-3,7-8H2. The van der Waals surface area contributed by atoms with Gasteiger partial charge in [-0.15, -0.1) is 11.6 Å². The predicted molar refractivity (Wildman–Crippen MR) is 60.4 cm³/mol. The molecule has 0 spiro atoms. The molecule has 1 unspecified atom stereocenters. The van der Waals surface area contributed by atoms with E-state index in [9.17, 15) is 4.39 Å². The maximum atomic E-state index is 13.2. The van der Waals surface area contributed by atoms with E-state index in [-0.39, 0.29) is 17.8 Å². The molecule has 1 fully saturated rings. The van der Waals surface area contributed by atoms with E-state index >= 15 is 0 Å². The van der Waals surface area contributed by atoms with Gasteiger partial charge in [0.1, 0.15) is 17.7 Å². The van der Waals surface area contributed by atoms with Gasteiger partial charge in [0.05, 0.1) is 6.61 Å². The van der Waals surface area contributed by atoms with Crippen molar-refractivity contribution in [3.05, 3.63) is 29.6 Å². The summed E-state index contributed by atoms with van der Waals surface area (Å²) in [6, 6.07) is 4.56. The van der Waals surface area contributed by atoms with Gasteiger partial charge in [0, 0.05) is 18.6 Å². The zero-order valence-electron chi connectivity index (χ0n) is 8.92. The highest BCUT2D eigenvalue weighted by Gasteiger charge is 2.15. The summed E-state index contributed by atoms with van der Waals surface area (Å²) in [6.07, 6.45) is 1.97. The molecule has 0 amide bonds. The smallest absolute Gasteiger partial charge is 0.127 e. The normalized spacial score (nSPS) is 20.8. The average molecular weight is 245 g/mol. The minimum atomic E-state index is -0.315. The quantitative estimate of drug-likeness (QED) is 0.761. The summed E-state index contributed by atoms with van der Waals surface area (Å²) in [4.78, 5) is 0. The molecule has 4 heteroatoms. The first-order chi connectivity index (χ1) is 7.78. The van der Waals surface area contributed by atoms with Crippen molar-refractivity contribution in [3.8, 4) is 5.75 Å². The van der Waals surface area contributed by atoms with Crippen LogP contribution in [0.5, 0.6) is 5.75 Å². The van der Waals surface area contributed by atoms with Crippen molar-refractivity contribution in [2.75, 3.05) is 13.2 Å². The summed E-state index contributed by atoms with van der Waals surface area (Å²) >= 11 is 5.67. The molecule has 1 heterocycles. The van der Waals surface area contributed by atoms with E-state index in [1.807, 2.05) is 0 Å². The summed E-state index contributed by atoms with van der Waals surface area (Å²) < 4.78 is 24.2. The Balaban J connectivity index is 2.04. The molecule has 0 aliphatic carbocycles. The SMILES string of the molecule is Fc1cc(CCl)cc(OC2CCCOC2)c1. The number of halogens is 2. The van der Waals surface area contributed by atoms with Crippen LogP contribution in [0.2, 0.25) is 0 Å². The molecule has 0 radical (unpaired) electrons. The highest BCUT2D eigenvalue weighted by molar-refractivity contribution is 6.17. The topological polar surface area (TPSA) is 18.5 Å². The van der Waals surface area contributed by atoms with Crippen LogP contribution < -0.4 is 4.74 Å². The van der Waals surface area contributed by atoms with Gasteiger partial charge in [-0.2, -0.15) is 0 Å². The molecule has 0 bridgehead atoms. The number of ether oxygens (including phenoxy) is 2. The van der Waals surface area contributed by atoms with Crippen LogP contribution in [0.25, 0.3) is 0 Å². The fraction of sp³-hybridized carbons (Fsp3) is 0.500. The highest BCUT2D eigenvalue weighted by atomic mass is 35.5. The Kier molecular flexibility index (Phi) is 4.02. The molecule has 1 aromatic rings. The van der Waals surface area contributed by atoms with Crippen LogP contribution in [-0.4, -0.2) is 19.3 Å². The summed E-state index contributed by atoms with van der Waals surface area (Å²) in [6.45, 7) is 1.36. The van der Waals surface area contributed by atoms with Crippen molar-refractivity contribution in [2.45, 2.75) is 24.8 Å². The van der Waals surface area contributed by atoms with E-state index in [0.717, 1.165) is 25.0 Å². The summed E-state index contributed by atoms with van der Waals surface area (Å²) in [5, 5.41) is 0. The molecule has 1 aliphatic heterocycles. The number of rotatable bonds is 3. The van der Waals surface area contributed by atoms with Gasteiger partial charge in [0.2, 0.25) is 0 Å². The second kappa shape index (κ2) is 5.51. The van der Waals surface area contributed by atoms with Crippen molar-refractivity contribution < 1.29 is 13.9 Å². The largest absolute Gasteiger partial charge is 0.488 e. The molecule has 0 N–H and O–H groups in total. The molecule has 88 valence electrons. The number of hydrogen-bond acceptors (Lipinski definition) is 2. The Bertz CT molecular complexity index is 351. The third kappa shape index (κ3) is 3.09. The third-order valence-electron chi connectivity index (χ3n) is 2.51. The molecule has 1 saturated heterocycles. The Hall–Kier alpha value is -0.800. The van der Waals surface area contributed by atoms with Crippen LogP contribution in [0, 0.1) is 5.82 Å². The molecule has 2 rings (SSSR count). The van der Waals surface area contributed by atoms with Gasteiger partial charge >= 0.3 is 0 Å². The second-order valence-corrected chi connectivity index (χ2v) is 4.15. The zero-order chi connectivity index (χ0) is 11.4. The minimum absolute atomic E-state index is 0.0266. The lowest BCUT2D eigenvalue weighted by Gasteiger charge is -2.23. The maximum absolute atomic E-state index is 13.2. The van der Waals surface area contributed by atoms with Crippen LogP contribution in [0.3, 0.4) is 0 Å². The molecule has 2 nitrogen and oxygen atoms in total. The van der Waals surface area contributed by atoms with E-state index in [0.29, 0.717) is 12.4 Å². The Morgan fingerprint density at radius 2 is 2.31 bits per heavy atom. The van der Waals surface area contributed by atoms with Crippen molar-refractivity contribution >= 4 is 11.6 Å². The molecule has 1 aromatic carbocycles. The van der Waals surface area contributed by atoms with Gasteiger partial charge in [-0.1, -0.05) is 0 Å². The van der Waals surface area contributed by atoms with Gasteiger partial charge in [-0.25, -0.2) is 4.39 Å². The fourth-order valence-electron chi connectivity index (χ4n) is 1.76. The van der Waals surface area contributed by atoms with Crippen molar-refractivity contribution in [2.24, 2.45) is 0 Å². The van der Waals surface area contributed by atoms with Gasteiger partial charge in [-0.05, 0) is 30.5 Å². The van der Waals surface area contributed by atoms with Crippen LogP contribution in [0.15, 0.2) is 18.2 Å². The Morgan fingerprint density at radius 3 is 3.00 bits per heavy atom. The summed E-state index contributed by atoms with van der Waals surface area (Å²) in [5.74, 6) is 0.506. The monoisotopic (exact) mass is 244 g/mol. The Labute approximate surface area is 99.3 Å². The first-order valence-corrected chi connectivity index (χ1v) is 5.91. The van der Waals surface area contributed by atoms with Crippen molar-refractivity contribution in [1.82, 2.24) is 0 Å². The second-order valence-electron chi connectivity index (χ2n) is 3.89. The predicted octanol–water partition coefficient (Wildman–Crippen LogP) is 3.12. The van der Waals surface area contributed by atoms with E-state index in [1.165, 1.54) is 12.1 Å².